The third-order valence-corrected chi connectivity index (χ3v) is 4.16. The SMILES string of the molecule is Cc1cn(CC(=O)N2CCC(C)C2)c(=O)n2c(C)cnc12. The quantitative estimate of drug-likeness (QED) is 0.827. The van der Waals surface area contributed by atoms with Crippen molar-refractivity contribution in [1.82, 2.24) is 18.9 Å². The molecule has 0 aromatic carbocycles. The summed E-state index contributed by atoms with van der Waals surface area (Å²) < 4.78 is 3.05. The summed E-state index contributed by atoms with van der Waals surface area (Å²) in [4.78, 5) is 30.9. The lowest BCUT2D eigenvalue weighted by atomic mass is 10.2. The van der Waals surface area contributed by atoms with Crippen LogP contribution in [-0.4, -0.2) is 37.8 Å². The van der Waals surface area contributed by atoms with E-state index in [0.29, 0.717) is 11.6 Å². The first-order valence-corrected chi connectivity index (χ1v) is 7.29. The van der Waals surface area contributed by atoms with Gasteiger partial charge in [-0.25, -0.2) is 14.2 Å². The Hall–Kier alpha value is -2.11. The highest BCUT2D eigenvalue weighted by Gasteiger charge is 2.23. The molecule has 1 unspecified atom stereocenters. The molecule has 1 aliphatic heterocycles. The van der Waals surface area contributed by atoms with Crippen LogP contribution in [0.1, 0.15) is 24.6 Å². The van der Waals surface area contributed by atoms with Crippen molar-refractivity contribution in [2.24, 2.45) is 5.92 Å². The highest BCUT2D eigenvalue weighted by atomic mass is 16.2. The number of carbonyl (C=O) groups excluding carboxylic acids is 1. The van der Waals surface area contributed by atoms with Crippen molar-refractivity contribution in [3.8, 4) is 0 Å². The van der Waals surface area contributed by atoms with Crippen molar-refractivity contribution in [2.75, 3.05) is 13.1 Å². The lowest BCUT2D eigenvalue weighted by Crippen LogP contribution is -2.37. The first-order chi connectivity index (χ1) is 9.97. The molecule has 6 nitrogen and oxygen atoms in total. The Bertz CT molecular complexity index is 759. The van der Waals surface area contributed by atoms with E-state index in [0.717, 1.165) is 30.8 Å². The summed E-state index contributed by atoms with van der Waals surface area (Å²) in [5, 5.41) is 0. The molecule has 0 saturated carbocycles. The molecule has 0 spiro atoms. The van der Waals surface area contributed by atoms with Gasteiger partial charge >= 0.3 is 5.69 Å². The van der Waals surface area contributed by atoms with Gasteiger partial charge in [-0.05, 0) is 26.2 Å². The minimum Gasteiger partial charge on any atom is -0.341 e. The molecule has 1 atom stereocenters. The predicted molar refractivity (Wildman–Crippen MR) is 79.3 cm³/mol. The number of rotatable bonds is 2. The highest BCUT2D eigenvalue weighted by molar-refractivity contribution is 5.76. The third-order valence-electron chi connectivity index (χ3n) is 4.16. The molecule has 112 valence electrons. The Morgan fingerprint density at radius 2 is 2.19 bits per heavy atom. The van der Waals surface area contributed by atoms with Crippen LogP contribution in [0.25, 0.3) is 5.65 Å². The number of hydrogen-bond acceptors (Lipinski definition) is 3. The minimum atomic E-state index is -0.203. The smallest absolute Gasteiger partial charge is 0.334 e. The number of amides is 1. The Morgan fingerprint density at radius 3 is 2.86 bits per heavy atom. The number of fused-ring (bicyclic) bond motifs is 1. The predicted octanol–water partition coefficient (Wildman–Crippen LogP) is 0.981. The zero-order valence-corrected chi connectivity index (χ0v) is 12.7. The largest absolute Gasteiger partial charge is 0.341 e. The maximum atomic E-state index is 12.5. The van der Waals surface area contributed by atoms with Crippen LogP contribution in [0.5, 0.6) is 0 Å². The lowest BCUT2D eigenvalue weighted by Gasteiger charge is -2.17. The molecule has 3 rings (SSSR count). The topological polar surface area (TPSA) is 59.6 Å². The zero-order chi connectivity index (χ0) is 15.1. The van der Waals surface area contributed by atoms with Crippen LogP contribution < -0.4 is 5.69 Å². The summed E-state index contributed by atoms with van der Waals surface area (Å²) >= 11 is 0. The second-order valence-corrected chi connectivity index (χ2v) is 6.01. The first kappa shape index (κ1) is 13.9. The summed E-state index contributed by atoms with van der Waals surface area (Å²) in [5.74, 6) is 0.559. The molecule has 0 bridgehead atoms. The van der Waals surface area contributed by atoms with Crippen LogP contribution >= 0.6 is 0 Å². The number of aromatic nitrogens is 3. The maximum Gasteiger partial charge on any atom is 0.334 e. The summed E-state index contributed by atoms with van der Waals surface area (Å²) in [6.07, 6.45) is 4.44. The van der Waals surface area contributed by atoms with E-state index in [1.807, 2.05) is 18.7 Å². The summed E-state index contributed by atoms with van der Waals surface area (Å²) in [6, 6.07) is 0. The monoisotopic (exact) mass is 288 g/mol. The molecule has 2 aromatic heterocycles. The maximum absolute atomic E-state index is 12.5. The van der Waals surface area contributed by atoms with Crippen molar-refractivity contribution >= 4 is 11.6 Å². The first-order valence-electron chi connectivity index (χ1n) is 7.29. The van der Waals surface area contributed by atoms with Crippen molar-refractivity contribution in [1.29, 1.82) is 0 Å². The summed E-state index contributed by atoms with van der Waals surface area (Å²) in [7, 11) is 0. The molecular formula is C15H20N4O2. The van der Waals surface area contributed by atoms with Crippen LogP contribution in [0, 0.1) is 19.8 Å². The van der Waals surface area contributed by atoms with E-state index in [1.54, 1.807) is 16.8 Å². The average Bonchev–Trinajstić information content (AvgIpc) is 3.02. The van der Waals surface area contributed by atoms with Crippen molar-refractivity contribution < 1.29 is 4.79 Å². The number of nitrogens with zero attached hydrogens (tertiary/aromatic N) is 4. The minimum absolute atomic E-state index is 0.0120. The Balaban J connectivity index is 1.94. The van der Waals surface area contributed by atoms with Crippen LogP contribution in [0.4, 0.5) is 0 Å². The van der Waals surface area contributed by atoms with E-state index in [4.69, 9.17) is 0 Å². The van der Waals surface area contributed by atoms with E-state index in [2.05, 4.69) is 11.9 Å². The summed E-state index contributed by atoms with van der Waals surface area (Å²) in [5.41, 5.74) is 2.14. The fourth-order valence-electron chi connectivity index (χ4n) is 2.95. The molecular weight excluding hydrogens is 268 g/mol. The Morgan fingerprint density at radius 1 is 1.43 bits per heavy atom. The van der Waals surface area contributed by atoms with E-state index in [-0.39, 0.29) is 18.1 Å². The van der Waals surface area contributed by atoms with E-state index in [1.165, 1.54) is 4.57 Å². The molecule has 0 radical (unpaired) electrons. The fourth-order valence-corrected chi connectivity index (χ4v) is 2.95. The highest BCUT2D eigenvalue weighted by Crippen LogP contribution is 2.15. The number of carbonyl (C=O) groups is 1. The van der Waals surface area contributed by atoms with Crippen molar-refractivity contribution in [2.45, 2.75) is 33.7 Å². The van der Waals surface area contributed by atoms with Gasteiger partial charge in [-0.1, -0.05) is 6.92 Å². The molecule has 3 heterocycles. The van der Waals surface area contributed by atoms with Gasteiger partial charge in [-0.15, -0.1) is 0 Å². The van der Waals surface area contributed by atoms with E-state index < -0.39 is 0 Å². The van der Waals surface area contributed by atoms with Crippen LogP contribution in [0.2, 0.25) is 0 Å². The zero-order valence-electron chi connectivity index (χ0n) is 12.7. The Labute approximate surface area is 123 Å². The molecule has 1 aliphatic rings. The van der Waals surface area contributed by atoms with Gasteiger partial charge in [-0.2, -0.15) is 0 Å². The fraction of sp³-hybridized carbons (Fsp3) is 0.533. The van der Waals surface area contributed by atoms with E-state index >= 15 is 0 Å². The van der Waals surface area contributed by atoms with Crippen LogP contribution in [0.15, 0.2) is 17.2 Å². The van der Waals surface area contributed by atoms with Gasteiger partial charge in [0, 0.05) is 36.7 Å². The molecule has 2 aromatic rings. The van der Waals surface area contributed by atoms with Gasteiger partial charge in [-0.3, -0.25) is 9.36 Å². The number of aryl methyl sites for hydroxylation is 2. The average molecular weight is 288 g/mol. The van der Waals surface area contributed by atoms with Gasteiger partial charge in [0.05, 0.1) is 0 Å². The van der Waals surface area contributed by atoms with Gasteiger partial charge in [0.2, 0.25) is 5.91 Å². The number of imidazole rings is 1. The van der Waals surface area contributed by atoms with Gasteiger partial charge in [0.15, 0.2) is 0 Å². The molecule has 0 aliphatic carbocycles. The number of likely N-dealkylation sites (tertiary alicyclic amines) is 1. The normalized spacial score (nSPS) is 18.6. The Kier molecular flexibility index (Phi) is 3.31. The van der Waals surface area contributed by atoms with Crippen molar-refractivity contribution in [3.63, 3.8) is 0 Å². The van der Waals surface area contributed by atoms with E-state index in [9.17, 15) is 9.59 Å². The van der Waals surface area contributed by atoms with Crippen LogP contribution in [0.3, 0.4) is 0 Å². The lowest BCUT2D eigenvalue weighted by molar-refractivity contribution is -0.130. The van der Waals surface area contributed by atoms with Crippen LogP contribution in [-0.2, 0) is 11.3 Å². The molecule has 1 saturated heterocycles. The van der Waals surface area contributed by atoms with Gasteiger partial charge in [0.25, 0.3) is 0 Å². The molecule has 21 heavy (non-hydrogen) atoms. The molecule has 6 heteroatoms. The molecule has 0 N–H and O–H groups in total. The number of hydrogen-bond donors (Lipinski definition) is 0. The standard InChI is InChI=1S/C15H20N4O2/c1-10-4-5-17(7-10)13(20)9-18-8-11(2)14-16-6-12(3)19(14)15(18)21/h6,8,10H,4-5,7,9H2,1-3H3. The van der Waals surface area contributed by atoms with Gasteiger partial charge < -0.3 is 4.90 Å². The second-order valence-electron chi connectivity index (χ2n) is 6.01. The molecule has 1 fully saturated rings. The summed E-state index contributed by atoms with van der Waals surface area (Å²) in [6.45, 7) is 7.57. The van der Waals surface area contributed by atoms with Gasteiger partial charge in [0.1, 0.15) is 12.2 Å². The third kappa shape index (κ3) is 2.34. The molecule has 1 amide bonds. The van der Waals surface area contributed by atoms with Crippen molar-refractivity contribution in [3.05, 3.63) is 34.1 Å². The second kappa shape index (κ2) is 5.02.